The highest BCUT2D eigenvalue weighted by molar-refractivity contribution is 7.14. The fraction of sp³-hybridized carbons (Fsp3) is 0.294. The summed E-state index contributed by atoms with van der Waals surface area (Å²) >= 11 is 1.38. The Labute approximate surface area is 139 Å². The van der Waals surface area contributed by atoms with Gasteiger partial charge in [0.2, 0.25) is 5.76 Å². The van der Waals surface area contributed by atoms with E-state index in [-0.39, 0.29) is 11.7 Å². The van der Waals surface area contributed by atoms with Crippen molar-refractivity contribution in [3.05, 3.63) is 47.2 Å². The number of hydrogen-bond acceptors (Lipinski definition) is 5. The molecule has 3 rings (SSSR count). The summed E-state index contributed by atoms with van der Waals surface area (Å²) in [7, 11) is 0. The third kappa shape index (κ3) is 3.71. The van der Waals surface area contributed by atoms with Crippen molar-refractivity contribution < 1.29 is 14.3 Å². The summed E-state index contributed by atoms with van der Waals surface area (Å²) in [6.07, 6.45) is 1.33. The maximum Gasteiger partial charge on any atom is 0.295 e. The van der Waals surface area contributed by atoms with Gasteiger partial charge in [-0.2, -0.15) is 0 Å². The molecule has 0 aliphatic carbocycles. The van der Waals surface area contributed by atoms with E-state index in [1.54, 1.807) is 0 Å². The topological polar surface area (TPSA) is 60.5 Å². The number of nitrogens with zero attached hydrogens (tertiary/aromatic N) is 1. The minimum atomic E-state index is -0.347. The molecule has 0 spiro atoms. The zero-order valence-corrected chi connectivity index (χ0v) is 13.9. The molecular weight excluding hydrogens is 312 g/mol. The maximum atomic E-state index is 12.0. The fourth-order valence-electron chi connectivity index (χ4n) is 2.15. The summed E-state index contributed by atoms with van der Waals surface area (Å²) in [6, 6.07) is 8.32. The Balaban J connectivity index is 1.70. The molecule has 5 nitrogen and oxygen atoms in total. The van der Waals surface area contributed by atoms with E-state index in [1.165, 1.54) is 23.2 Å². The van der Waals surface area contributed by atoms with Gasteiger partial charge in [-0.25, -0.2) is 4.98 Å². The van der Waals surface area contributed by atoms with E-state index in [4.69, 9.17) is 9.47 Å². The fourth-order valence-corrected chi connectivity index (χ4v) is 2.86. The van der Waals surface area contributed by atoms with Crippen LogP contribution >= 0.6 is 11.3 Å². The van der Waals surface area contributed by atoms with Gasteiger partial charge in [0.1, 0.15) is 19.5 Å². The van der Waals surface area contributed by atoms with Gasteiger partial charge in [0, 0.05) is 10.9 Å². The number of aromatic nitrogens is 1. The van der Waals surface area contributed by atoms with E-state index >= 15 is 0 Å². The van der Waals surface area contributed by atoms with Gasteiger partial charge in [-0.15, -0.1) is 11.3 Å². The minimum absolute atomic E-state index is 0.175. The highest BCUT2D eigenvalue weighted by Crippen LogP contribution is 2.26. The first-order valence-electron chi connectivity index (χ1n) is 7.45. The quantitative estimate of drug-likeness (QED) is 0.927. The number of carbonyl (C=O) groups is 1. The van der Waals surface area contributed by atoms with Crippen LogP contribution in [0.15, 0.2) is 41.7 Å². The van der Waals surface area contributed by atoms with Crippen molar-refractivity contribution in [3.63, 3.8) is 0 Å². The van der Waals surface area contributed by atoms with Crippen LogP contribution in [0.25, 0.3) is 11.3 Å². The minimum Gasteiger partial charge on any atom is -0.494 e. The van der Waals surface area contributed by atoms with Gasteiger partial charge in [0.05, 0.1) is 5.69 Å². The van der Waals surface area contributed by atoms with E-state index in [9.17, 15) is 4.79 Å². The Hall–Kier alpha value is -2.34. The predicted molar refractivity (Wildman–Crippen MR) is 90.3 cm³/mol. The zero-order chi connectivity index (χ0) is 16.2. The lowest BCUT2D eigenvalue weighted by atomic mass is 10.0. The van der Waals surface area contributed by atoms with Crippen LogP contribution in [-0.2, 0) is 14.3 Å². The van der Waals surface area contributed by atoms with Crippen LogP contribution < -0.4 is 5.32 Å². The maximum absolute atomic E-state index is 12.0. The second-order valence-corrected chi connectivity index (χ2v) is 6.33. The van der Waals surface area contributed by atoms with Gasteiger partial charge in [-0.3, -0.25) is 10.1 Å². The molecule has 1 amide bonds. The molecule has 0 radical (unpaired) electrons. The largest absolute Gasteiger partial charge is 0.494 e. The lowest BCUT2D eigenvalue weighted by Crippen LogP contribution is -2.21. The highest BCUT2D eigenvalue weighted by Gasteiger charge is 2.16. The van der Waals surface area contributed by atoms with Crippen molar-refractivity contribution in [3.8, 4) is 11.3 Å². The number of rotatable bonds is 4. The van der Waals surface area contributed by atoms with Crippen LogP contribution in [0.1, 0.15) is 25.3 Å². The van der Waals surface area contributed by atoms with Crippen LogP contribution in [0, 0.1) is 0 Å². The molecule has 0 saturated carbocycles. The SMILES string of the molecule is CC(C)c1ccc(-c2csc(NC(=O)C3=COCCO3)n2)cc1. The summed E-state index contributed by atoms with van der Waals surface area (Å²) in [6.45, 7) is 5.17. The first-order valence-corrected chi connectivity index (χ1v) is 8.33. The van der Waals surface area contributed by atoms with E-state index in [2.05, 4.69) is 48.4 Å². The average molecular weight is 330 g/mol. The summed E-state index contributed by atoms with van der Waals surface area (Å²) in [5.74, 6) is 0.329. The van der Waals surface area contributed by atoms with Crippen LogP contribution in [-0.4, -0.2) is 24.1 Å². The monoisotopic (exact) mass is 330 g/mol. The van der Waals surface area contributed by atoms with Crippen molar-refractivity contribution in [2.45, 2.75) is 19.8 Å². The summed E-state index contributed by atoms with van der Waals surface area (Å²) in [4.78, 5) is 16.5. The molecular formula is C17H18N2O3S. The summed E-state index contributed by atoms with van der Waals surface area (Å²) in [5.41, 5.74) is 3.16. The molecule has 0 atom stereocenters. The summed E-state index contributed by atoms with van der Waals surface area (Å²) in [5, 5.41) is 5.18. The van der Waals surface area contributed by atoms with Crippen molar-refractivity contribution in [1.29, 1.82) is 0 Å². The number of ether oxygens (including phenoxy) is 2. The number of benzene rings is 1. The molecule has 6 heteroatoms. The molecule has 1 aliphatic heterocycles. The first-order chi connectivity index (χ1) is 11.1. The van der Waals surface area contributed by atoms with Crippen LogP contribution in [0.4, 0.5) is 5.13 Å². The van der Waals surface area contributed by atoms with Gasteiger partial charge in [0.15, 0.2) is 5.13 Å². The van der Waals surface area contributed by atoms with Gasteiger partial charge < -0.3 is 9.47 Å². The van der Waals surface area contributed by atoms with E-state index < -0.39 is 0 Å². The Kier molecular flexibility index (Phi) is 4.62. The third-order valence-electron chi connectivity index (χ3n) is 3.47. The summed E-state index contributed by atoms with van der Waals surface area (Å²) < 4.78 is 10.3. The number of thiazole rings is 1. The predicted octanol–water partition coefficient (Wildman–Crippen LogP) is 3.76. The molecule has 0 saturated heterocycles. The second-order valence-electron chi connectivity index (χ2n) is 5.47. The zero-order valence-electron chi connectivity index (χ0n) is 13.0. The molecule has 1 aromatic heterocycles. The van der Waals surface area contributed by atoms with Crippen LogP contribution in [0.3, 0.4) is 0 Å². The Morgan fingerprint density at radius 3 is 2.70 bits per heavy atom. The molecule has 120 valence electrons. The molecule has 1 N–H and O–H groups in total. The van der Waals surface area contributed by atoms with E-state index in [0.717, 1.165) is 11.3 Å². The molecule has 0 unspecified atom stereocenters. The molecule has 23 heavy (non-hydrogen) atoms. The normalized spacial score (nSPS) is 14.0. The van der Waals surface area contributed by atoms with Crippen molar-refractivity contribution in [1.82, 2.24) is 4.98 Å². The smallest absolute Gasteiger partial charge is 0.295 e. The second kappa shape index (κ2) is 6.83. The molecule has 1 aliphatic rings. The molecule has 0 fully saturated rings. The van der Waals surface area contributed by atoms with E-state index in [0.29, 0.717) is 24.3 Å². The van der Waals surface area contributed by atoms with Crippen molar-refractivity contribution in [2.75, 3.05) is 18.5 Å². The number of hydrogen-bond donors (Lipinski definition) is 1. The lowest BCUT2D eigenvalue weighted by Gasteiger charge is -2.14. The third-order valence-corrected chi connectivity index (χ3v) is 4.23. The van der Waals surface area contributed by atoms with Gasteiger partial charge in [-0.1, -0.05) is 38.1 Å². The number of amides is 1. The number of anilines is 1. The molecule has 0 bridgehead atoms. The van der Waals surface area contributed by atoms with Crippen molar-refractivity contribution in [2.24, 2.45) is 0 Å². The lowest BCUT2D eigenvalue weighted by molar-refractivity contribution is -0.117. The van der Waals surface area contributed by atoms with Gasteiger partial charge in [-0.05, 0) is 11.5 Å². The Morgan fingerprint density at radius 1 is 1.26 bits per heavy atom. The van der Waals surface area contributed by atoms with Crippen LogP contribution in [0.2, 0.25) is 0 Å². The number of nitrogens with one attached hydrogen (secondary N) is 1. The molecule has 2 heterocycles. The molecule has 2 aromatic rings. The van der Waals surface area contributed by atoms with E-state index in [1.807, 2.05) is 5.38 Å². The van der Waals surface area contributed by atoms with Crippen LogP contribution in [0.5, 0.6) is 0 Å². The van der Waals surface area contributed by atoms with Gasteiger partial charge >= 0.3 is 0 Å². The van der Waals surface area contributed by atoms with Crippen molar-refractivity contribution >= 4 is 22.4 Å². The standard InChI is InChI=1S/C17H18N2O3S/c1-11(2)12-3-5-13(6-4-12)14-10-23-17(18-14)19-16(20)15-9-21-7-8-22-15/h3-6,9-11H,7-8H2,1-2H3,(H,18,19,20). The van der Waals surface area contributed by atoms with Gasteiger partial charge in [0.25, 0.3) is 5.91 Å². The number of carbonyl (C=O) groups excluding carboxylic acids is 1. The molecule has 1 aromatic carbocycles. The highest BCUT2D eigenvalue weighted by atomic mass is 32.1. The first kappa shape index (κ1) is 15.6. The average Bonchev–Trinajstić information content (AvgIpc) is 3.04. The Bertz CT molecular complexity index is 720. The Morgan fingerprint density at radius 2 is 2.04 bits per heavy atom.